The highest BCUT2D eigenvalue weighted by Gasteiger charge is 2.24. The van der Waals surface area contributed by atoms with Crippen LogP contribution in [0.15, 0.2) is 69.1 Å². The van der Waals surface area contributed by atoms with Gasteiger partial charge in [0.05, 0.1) is 11.4 Å². The van der Waals surface area contributed by atoms with Crippen molar-refractivity contribution in [3.05, 3.63) is 86.6 Å². The van der Waals surface area contributed by atoms with Gasteiger partial charge in [-0.2, -0.15) is 0 Å². The lowest BCUT2D eigenvalue weighted by Crippen LogP contribution is -2.39. The van der Waals surface area contributed by atoms with Crippen molar-refractivity contribution in [2.45, 2.75) is 31.3 Å². The molecule has 10 nitrogen and oxygen atoms in total. The van der Waals surface area contributed by atoms with E-state index in [2.05, 4.69) is 9.71 Å². The average Bonchev–Trinajstić information content (AvgIpc) is 2.76. The van der Waals surface area contributed by atoms with Crippen LogP contribution in [0.3, 0.4) is 0 Å². The van der Waals surface area contributed by atoms with Crippen LogP contribution in [0.25, 0.3) is 0 Å². The largest absolute Gasteiger partial charge is 0.383 e. The fraction of sp³-hybridized carbons (Fsp3) is 0.227. The molecule has 0 aliphatic rings. The van der Waals surface area contributed by atoms with Gasteiger partial charge >= 0.3 is 5.69 Å². The molecule has 0 atom stereocenters. The van der Waals surface area contributed by atoms with Gasteiger partial charge in [-0.15, -0.1) is 0 Å². The maximum absolute atomic E-state index is 13.1. The number of aromatic nitrogens is 2. The summed E-state index contributed by atoms with van der Waals surface area (Å²) >= 11 is 0. The number of hydrogen-bond donors (Lipinski definition) is 3. The third-order valence-corrected chi connectivity index (χ3v) is 6.48. The van der Waals surface area contributed by atoms with Crippen molar-refractivity contribution < 1.29 is 13.2 Å². The van der Waals surface area contributed by atoms with Crippen LogP contribution in [0.4, 0.5) is 11.5 Å². The first kappa shape index (κ1) is 24.0. The Hall–Kier alpha value is -3.70. The Morgan fingerprint density at radius 3 is 2.42 bits per heavy atom. The number of hydrogen-bond acceptors (Lipinski definition) is 6. The lowest BCUT2D eigenvalue weighted by Gasteiger charge is -2.21. The van der Waals surface area contributed by atoms with E-state index in [1.807, 2.05) is 6.07 Å². The van der Waals surface area contributed by atoms with Gasteiger partial charge in [0, 0.05) is 18.7 Å². The van der Waals surface area contributed by atoms with E-state index in [-0.39, 0.29) is 34.6 Å². The van der Waals surface area contributed by atoms with Gasteiger partial charge in [0.2, 0.25) is 10.0 Å². The molecule has 174 valence electrons. The minimum atomic E-state index is -3.83. The second kappa shape index (κ2) is 9.43. The van der Waals surface area contributed by atoms with E-state index < -0.39 is 27.2 Å². The van der Waals surface area contributed by atoms with E-state index in [0.717, 1.165) is 15.0 Å². The number of nitrogen functional groups attached to an aromatic ring is 1. The number of rotatable bonds is 7. The Bertz CT molecular complexity index is 1390. The van der Waals surface area contributed by atoms with Crippen LogP contribution in [-0.4, -0.2) is 37.0 Å². The molecule has 33 heavy (non-hydrogen) atoms. The van der Waals surface area contributed by atoms with Crippen molar-refractivity contribution in [2.24, 2.45) is 0 Å². The monoisotopic (exact) mass is 471 g/mol. The van der Waals surface area contributed by atoms with E-state index in [0.29, 0.717) is 0 Å². The second-order valence-electron chi connectivity index (χ2n) is 7.73. The number of benzene rings is 2. The van der Waals surface area contributed by atoms with E-state index in [1.165, 1.54) is 31.3 Å². The summed E-state index contributed by atoms with van der Waals surface area (Å²) in [5.41, 5.74) is 5.19. The minimum absolute atomic E-state index is 0.0312. The van der Waals surface area contributed by atoms with Crippen LogP contribution < -0.4 is 26.6 Å². The predicted octanol–water partition coefficient (Wildman–Crippen LogP) is 1.13. The van der Waals surface area contributed by atoms with Gasteiger partial charge in [-0.25, -0.2) is 17.9 Å². The SMILES string of the molecule is CC(C)NS(=O)(=O)c1cccc(C(=O)N(C)c2c(N)n(Cc3ccccc3)c(=O)[nH]c2=O)c1. The average molecular weight is 472 g/mol. The normalized spacial score (nSPS) is 11.5. The van der Waals surface area contributed by atoms with Gasteiger partial charge in [0.15, 0.2) is 5.69 Å². The van der Waals surface area contributed by atoms with E-state index in [4.69, 9.17) is 5.73 Å². The molecule has 1 aromatic heterocycles. The molecule has 0 aliphatic carbocycles. The molecule has 0 aliphatic heterocycles. The molecule has 11 heteroatoms. The zero-order valence-electron chi connectivity index (χ0n) is 18.4. The smallest absolute Gasteiger partial charge is 0.330 e. The summed E-state index contributed by atoms with van der Waals surface area (Å²) in [7, 11) is -2.50. The van der Waals surface area contributed by atoms with Gasteiger partial charge < -0.3 is 10.6 Å². The molecule has 3 rings (SSSR count). The van der Waals surface area contributed by atoms with E-state index in [1.54, 1.807) is 38.1 Å². The molecule has 0 fully saturated rings. The fourth-order valence-corrected chi connectivity index (χ4v) is 4.59. The van der Waals surface area contributed by atoms with Crippen LogP contribution in [0.5, 0.6) is 0 Å². The summed E-state index contributed by atoms with van der Waals surface area (Å²) in [5.74, 6) is -0.854. The number of nitrogens with one attached hydrogen (secondary N) is 2. The summed E-state index contributed by atoms with van der Waals surface area (Å²) < 4.78 is 28.6. The fourth-order valence-electron chi connectivity index (χ4n) is 3.29. The van der Waals surface area contributed by atoms with Gasteiger partial charge in [0.1, 0.15) is 5.82 Å². The molecule has 0 saturated heterocycles. The van der Waals surface area contributed by atoms with Crippen molar-refractivity contribution in [3.63, 3.8) is 0 Å². The zero-order chi connectivity index (χ0) is 24.3. The number of nitrogens with two attached hydrogens (primary N) is 1. The quantitative estimate of drug-likeness (QED) is 0.471. The molecule has 1 amide bonds. The minimum Gasteiger partial charge on any atom is -0.383 e. The Morgan fingerprint density at radius 1 is 1.12 bits per heavy atom. The molecule has 0 saturated carbocycles. The number of carbonyl (C=O) groups excluding carboxylic acids is 1. The summed E-state index contributed by atoms with van der Waals surface area (Å²) in [6.45, 7) is 3.45. The maximum Gasteiger partial charge on any atom is 0.330 e. The lowest BCUT2D eigenvalue weighted by molar-refractivity contribution is 0.0992. The number of amides is 1. The highest BCUT2D eigenvalue weighted by atomic mass is 32.2. The summed E-state index contributed by atoms with van der Waals surface area (Å²) in [6.07, 6.45) is 0. The summed E-state index contributed by atoms with van der Waals surface area (Å²) in [5, 5.41) is 0. The van der Waals surface area contributed by atoms with Crippen LogP contribution >= 0.6 is 0 Å². The molecule has 0 unspecified atom stereocenters. The number of aromatic amines is 1. The number of nitrogens with zero attached hydrogens (tertiary/aromatic N) is 2. The lowest BCUT2D eigenvalue weighted by atomic mass is 10.2. The predicted molar refractivity (Wildman–Crippen MR) is 126 cm³/mol. The topological polar surface area (TPSA) is 147 Å². The number of sulfonamides is 1. The maximum atomic E-state index is 13.1. The van der Waals surface area contributed by atoms with Gasteiger partial charge in [-0.1, -0.05) is 36.4 Å². The van der Waals surface area contributed by atoms with Crippen LogP contribution in [0.1, 0.15) is 29.8 Å². The highest BCUT2D eigenvalue weighted by Crippen LogP contribution is 2.20. The molecule has 1 heterocycles. The number of carbonyl (C=O) groups is 1. The third-order valence-electron chi connectivity index (χ3n) is 4.82. The first-order valence-electron chi connectivity index (χ1n) is 10.1. The van der Waals surface area contributed by atoms with Crippen molar-refractivity contribution in [1.29, 1.82) is 0 Å². The molecular formula is C22H25N5O5S. The van der Waals surface area contributed by atoms with Crippen LogP contribution in [0, 0.1) is 0 Å². The van der Waals surface area contributed by atoms with Gasteiger partial charge in [0.25, 0.3) is 11.5 Å². The van der Waals surface area contributed by atoms with Crippen molar-refractivity contribution in [2.75, 3.05) is 17.7 Å². The third kappa shape index (κ3) is 5.21. The Morgan fingerprint density at radius 2 is 1.79 bits per heavy atom. The number of H-pyrrole nitrogens is 1. The molecular weight excluding hydrogens is 446 g/mol. The van der Waals surface area contributed by atoms with Crippen molar-refractivity contribution >= 4 is 27.4 Å². The van der Waals surface area contributed by atoms with Crippen molar-refractivity contribution in [1.82, 2.24) is 14.3 Å². The molecule has 0 spiro atoms. The molecule has 2 aromatic carbocycles. The van der Waals surface area contributed by atoms with Crippen LogP contribution in [-0.2, 0) is 16.6 Å². The summed E-state index contributed by atoms with van der Waals surface area (Å²) in [4.78, 5) is 41.1. The van der Waals surface area contributed by atoms with Gasteiger partial charge in [-0.3, -0.25) is 19.1 Å². The molecule has 4 N–H and O–H groups in total. The molecule has 3 aromatic rings. The van der Waals surface area contributed by atoms with Crippen molar-refractivity contribution in [3.8, 4) is 0 Å². The molecule has 0 radical (unpaired) electrons. The second-order valence-corrected chi connectivity index (χ2v) is 9.45. The van der Waals surface area contributed by atoms with E-state index >= 15 is 0 Å². The van der Waals surface area contributed by atoms with E-state index in [9.17, 15) is 22.8 Å². The Labute approximate surface area is 190 Å². The standard InChI is InChI=1S/C22H25N5O5S/c1-14(2)25-33(31,32)17-11-7-10-16(12-17)21(29)26(3)18-19(23)27(22(30)24-20(18)28)13-15-8-5-4-6-9-15/h4-12,14,25H,13,23H2,1-3H3,(H,24,28,30). The summed E-state index contributed by atoms with van der Waals surface area (Å²) in [6, 6.07) is 14.1. The van der Waals surface area contributed by atoms with Crippen LogP contribution in [0.2, 0.25) is 0 Å². The number of anilines is 2. The van der Waals surface area contributed by atoms with Gasteiger partial charge in [-0.05, 0) is 37.6 Å². The highest BCUT2D eigenvalue weighted by molar-refractivity contribution is 7.89. The zero-order valence-corrected chi connectivity index (χ0v) is 19.2. The molecule has 0 bridgehead atoms. The Kier molecular flexibility index (Phi) is 6.84. The first-order chi connectivity index (χ1) is 15.5. The Balaban J connectivity index is 2.00. The first-order valence-corrected chi connectivity index (χ1v) is 11.6.